The number of hydrogen-bond acceptors (Lipinski definition) is 10. The van der Waals surface area contributed by atoms with Crippen molar-refractivity contribution in [2.24, 2.45) is 51.2 Å². The lowest BCUT2D eigenvalue weighted by Crippen LogP contribution is -2.67. The van der Waals surface area contributed by atoms with Gasteiger partial charge >= 0.3 is 0 Å². The maximum atomic E-state index is 15.1. The molecule has 1 amide bonds. The molecule has 5 aliphatic carbocycles. The fourth-order valence-corrected chi connectivity index (χ4v) is 17.6. The predicted molar refractivity (Wildman–Crippen MR) is 224 cm³/mol. The van der Waals surface area contributed by atoms with Gasteiger partial charge in [0.05, 0.1) is 40.3 Å². The average molecular weight is 824 g/mol. The summed E-state index contributed by atoms with van der Waals surface area (Å²) >= 11 is 0. The molecule has 4 saturated carbocycles. The number of carbonyl (C=O) groups is 2. The molecule has 9 nitrogen and oxygen atoms in total. The highest BCUT2D eigenvalue weighted by Gasteiger charge is 2.74. The standard InChI is InChI=1S/C46H65NO8S2/c1-26(2)27(3)38-39(55-38)42(5,53)36-11-15-46(54)33-21-37(51)45-23-35(50)34(49)22-41(45,4)32(33)10-14-44(36,46)13-9-28-18-30(20-31(48)19-28)47-17-16-43(40(47)52)12-7-6-8-29(43)24-56-57-25-45/h18-21,26-27,29,32,34-36,38-39,48-50,53-54H,6-17,22-25H2,1-5H3/t27-,29-,32+,34+,35-,36+,38-,39-,41-,42-,43+,44+,45-,46+/m1/s1. The van der Waals surface area contributed by atoms with Gasteiger partial charge in [-0.2, -0.15) is 0 Å². The number of nitrogens with zero attached hydrogens (tertiary/aromatic N) is 1. The third-order valence-electron chi connectivity index (χ3n) is 18.1. The van der Waals surface area contributed by atoms with Gasteiger partial charge in [-0.1, -0.05) is 62.1 Å². The van der Waals surface area contributed by atoms with Gasteiger partial charge in [0.1, 0.15) is 11.9 Å². The summed E-state index contributed by atoms with van der Waals surface area (Å²) in [4.78, 5) is 31.6. The monoisotopic (exact) mass is 823 g/mol. The van der Waals surface area contributed by atoms with Crippen LogP contribution in [0.25, 0.3) is 0 Å². The number of amides is 1. The summed E-state index contributed by atoms with van der Waals surface area (Å²) < 4.78 is 6.34. The molecule has 5 heterocycles. The van der Waals surface area contributed by atoms with Crippen molar-refractivity contribution in [3.8, 4) is 5.75 Å². The number of allylic oxidation sites excluding steroid dienone is 1. The first-order valence-corrected chi connectivity index (χ1v) is 24.6. The molecule has 11 rings (SSSR count). The second kappa shape index (κ2) is 14.0. The zero-order valence-electron chi connectivity index (χ0n) is 34.5. The lowest BCUT2D eigenvalue weighted by molar-refractivity contribution is -0.183. The number of ketones is 1. The molecule has 1 aromatic rings. The number of aliphatic hydroxyl groups excluding tert-OH is 2. The van der Waals surface area contributed by atoms with Gasteiger partial charge in [0.15, 0.2) is 5.78 Å². The van der Waals surface area contributed by atoms with Gasteiger partial charge in [-0.3, -0.25) is 9.59 Å². The second-order valence-electron chi connectivity index (χ2n) is 20.8. The number of anilines is 1. The Labute approximate surface area is 346 Å². The molecule has 6 fully saturated rings. The van der Waals surface area contributed by atoms with Crippen molar-refractivity contribution >= 4 is 39.0 Å². The zero-order valence-corrected chi connectivity index (χ0v) is 36.2. The largest absolute Gasteiger partial charge is 0.508 e. The third kappa shape index (κ3) is 5.81. The van der Waals surface area contributed by atoms with Crippen LogP contribution in [0.3, 0.4) is 0 Å². The van der Waals surface area contributed by atoms with Crippen molar-refractivity contribution in [1.29, 1.82) is 0 Å². The number of aryl methyl sites for hydroxylation is 1. The van der Waals surface area contributed by atoms with Crippen LogP contribution in [0.2, 0.25) is 0 Å². The molecular formula is C46H65NO8S2. The Morgan fingerprint density at radius 3 is 2.49 bits per heavy atom. The highest BCUT2D eigenvalue weighted by molar-refractivity contribution is 8.76. The summed E-state index contributed by atoms with van der Waals surface area (Å²) in [5.41, 5.74) is -3.21. The van der Waals surface area contributed by atoms with E-state index in [0.29, 0.717) is 56.7 Å². The van der Waals surface area contributed by atoms with Crippen LogP contribution in [0.4, 0.5) is 5.69 Å². The van der Waals surface area contributed by atoms with Gasteiger partial charge < -0.3 is 35.2 Å². The first-order chi connectivity index (χ1) is 26.9. The Bertz CT molecular complexity index is 1840. The molecule has 14 atom stereocenters. The highest BCUT2D eigenvalue weighted by Crippen LogP contribution is 2.73. The van der Waals surface area contributed by atoms with Crippen LogP contribution in [-0.2, 0) is 20.7 Å². The summed E-state index contributed by atoms with van der Waals surface area (Å²) in [6, 6.07) is 5.55. The fourth-order valence-electron chi connectivity index (χ4n) is 14.4. The number of fused-ring (bicyclic) bond motifs is 2. The third-order valence-corrected chi connectivity index (χ3v) is 20.7. The molecule has 57 heavy (non-hydrogen) atoms. The molecule has 11 heteroatoms. The Morgan fingerprint density at radius 2 is 1.72 bits per heavy atom. The van der Waals surface area contributed by atoms with E-state index in [1.807, 2.05) is 11.8 Å². The van der Waals surface area contributed by atoms with Crippen LogP contribution < -0.4 is 4.90 Å². The van der Waals surface area contributed by atoms with Crippen LogP contribution in [-0.4, -0.2) is 90.9 Å². The summed E-state index contributed by atoms with van der Waals surface area (Å²) in [6.07, 6.45) is 7.76. The van der Waals surface area contributed by atoms with Crippen molar-refractivity contribution in [2.45, 2.75) is 154 Å². The van der Waals surface area contributed by atoms with Crippen LogP contribution in [0.15, 0.2) is 29.8 Å². The molecule has 10 aliphatic rings. The Balaban J connectivity index is 1.17. The highest BCUT2D eigenvalue weighted by atomic mass is 33.1. The lowest BCUT2D eigenvalue weighted by atomic mass is 9.41. The van der Waals surface area contributed by atoms with Gasteiger partial charge in [0.25, 0.3) is 0 Å². The molecule has 0 radical (unpaired) electrons. The lowest BCUT2D eigenvalue weighted by Gasteiger charge is -2.65. The van der Waals surface area contributed by atoms with E-state index in [0.717, 1.165) is 54.7 Å². The number of benzene rings is 1. The molecule has 5 N–H and O–H groups in total. The molecule has 0 unspecified atom stereocenters. The van der Waals surface area contributed by atoms with Gasteiger partial charge in [0.2, 0.25) is 5.91 Å². The number of phenolic OH excluding ortho intramolecular Hbond substituents is 1. The Hall–Kier alpha value is -1.60. The van der Waals surface area contributed by atoms with Gasteiger partial charge in [-0.25, -0.2) is 0 Å². The van der Waals surface area contributed by atoms with E-state index in [-0.39, 0.29) is 66.2 Å². The predicted octanol–water partition coefficient (Wildman–Crippen LogP) is 7.00. The summed E-state index contributed by atoms with van der Waals surface area (Å²) in [7, 11) is 3.41. The normalized spacial score (nSPS) is 46.0. The molecule has 2 saturated heterocycles. The fraction of sp³-hybridized carbons (Fsp3) is 0.783. The van der Waals surface area contributed by atoms with Gasteiger partial charge in [0, 0.05) is 35.2 Å². The Kier molecular flexibility index (Phi) is 9.99. The first kappa shape index (κ1) is 40.8. The second-order valence-corrected chi connectivity index (χ2v) is 23.3. The summed E-state index contributed by atoms with van der Waals surface area (Å²) in [5, 5.41) is 60.2. The number of carbonyl (C=O) groups excluding carboxylic acids is 2. The maximum Gasteiger partial charge on any atom is 0.233 e. The first-order valence-electron chi connectivity index (χ1n) is 22.1. The molecular weight excluding hydrogens is 759 g/mol. The molecule has 1 aromatic carbocycles. The maximum absolute atomic E-state index is 15.1. The number of rotatable bonds is 4. The van der Waals surface area contributed by atoms with Crippen molar-refractivity contribution < 1.29 is 39.9 Å². The number of hydrogen-bond donors (Lipinski definition) is 5. The minimum absolute atomic E-state index is 0.0719. The van der Waals surface area contributed by atoms with Crippen LogP contribution >= 0.6 is 21.6 Å². The number of epoxide rings is 1. The minimum atomic E-state index is -1.40. The van der Waals surface area contributed by atoms with Crippen LogP contribution in [0.1, 0.15) is 117 Å². The van der Waals surface area contributed by atoms with E-state index in [9.17, 15) is 30.3 Å². The summed E-state index contributed by atoms with van der Waals surface area (Å²) in [6.45, 7) is 11.2. The summed E-state index contributed by atoms with van der Waals surface area (Å²) in [5.74, 6) is 1.77. The topological polar surface area (TPSA) is 151 Å². The molecule has 8 bridgehead atoms. The van der Waals surface area contributed by atoms with Crippen LogP contribution in [0.5, 0.6) is 5.75 Å². The van der Waals surface area contributed by atoms with Gasteiger partial charge in [-0.05, 0) is 142 Å². The Morgan fingerprint density at radius 1 is 0.947 bits per heavy atom. The van der Waals surface area contributed by atoms with Crippen LogP contribution in [0, 0.1) is 51.2 Å². The zero-order chi connectivity index (χ0) is 40.5. The SMILES string of the molecule is CC(C)[C@@H](C)[C@H]1O[C@H]1[C@](C)(O)[C@@H]1CC[C@]2(O)C3=CC(=O)[C@@]45CSSC[C@H]6CCCC[C@]67CCN(C7=O)c6cc(O)cc(c6)CC[C@]12CC[C@@H]3[C@@]4(C)C[C@H](O)[C@H](O)C5. The molecule has 0 aromatic heterocycles. The number of aromatic hydroxyl groups is 1. The smallest absolute Gasteiger partial charge is 0.233 e. The number of aliphatic hydroxyl groups is 4. The molecule has 3 spiro atoms. The van der Waals surface area contributed by atoms with E-state index in [2.05, 4.69) is 33.8 Å². The van der Waals surface area contributed by atoms with Crippen molar-refractivity contribution in [2.75, 3.05) is 23.0 Å². The molecule has 5 aliphatic heterocycles. The van der Waals surface area contributed by atoms with Crippen molar-refractivity contribution in [3.05, 3.63) is 35.4 Å². The van der Waals surface area contributed by atoms with Gasteiger partial charge in [-0.15, -0.1) is 0 Å². The number of phenols is 1. The van der Waals surface area contributed by atoms with E-state index in [1.165, 1.54) is 0 Å². The number of ether oxygens (including phenoxy) is 1. The minimum Gasteiger partial charge on any atom is -0.508 e. The molecule has 314 valence electrons. The van der Waals surface area contributed by atoms with E-state index < -0.39 is 45.1 Å². The quantitative estimate of drug-likeness (QED) is 0.159. The van der Waals surface area contributed by atoms with Crippen molar-refractivity contribution in [1.82, 2.24) is 0 Å². The average Bonchev–Trinajstić information content (AvgIpc) is 3.83. The van der Waals surface area contributed by atoms with E-state index >= 15 is 4.79 Å². The van der Waals surface area contributed by atoms with E-state index in [1.54, 1.807) is 39.8 Å². The van der Waals surface area contributed by atoms with E-state index in [4.69, 9.17) is 4.74 Å². The van der Waals surface area contributed by atoms with Crippen molar-refractivity contribution in [3.63, 3.8) is 0 Å².